The van der Waals surface area contributed by atoms with E-state index in [1.54, 1.807) is 6.07 Å². The van der Waals surface area contributed by atoms with E-state index >= 15 is 0 Å². The molecule has 1 fully saturated rings. The molecular weight excluding hydrogens is 233 g/mol. The van der Waals surface area contributed by atoms with Gasteiger partial charge in [-0.2, -0.15) is 0 Å². The summed E-state index contributed by atoms with van der Waals surface area (Å²) in [5.41, 5.74) is 5.62. The summed E-state index contributed by atoms with van der Waals surface area (Å²) in [7, 11) is 0. The minimum Gasteiger partial charge on any atom is -0.382 e. The lowest BCUT2D eigenvalue weighted by Gasteiger charge is -2.15. The van der Waals surface area contributed by atoms with Crippen LogP contribution in [0.2, 0.25) is 10.0 Å². The second kappa shape index (κ2) is 4.06. The third-order valence-electron chi connectivity index (χ3n) is 2.65. The Labute approximate surface area is 99.0 Å². The van der Waals surface area contributed by atoms with Crippen molar-refractivity contribution < 1.29 is 0 Å². The van der Waals surface area contributed by atoms with Crippen LogP contribution in [0.3, 0.4) is 0 Å². The highest BCUT2D eigenvalue weighted by Crippen LogP contribution is 2.35. The predicted molar refractivity (Wildman–Crippen MR) is 64.5 cm³/mol. The number of anilines is 2. The van der Waals surface area contributed by atoms with Crippen LogP contribution < -0.4 is 11.1 Å². The fraction of sp³-hybridized carbons (Fsp3) is 0.500. The zero-order valence-corrected chi connectivity index (χ0v) is 9.94. The molecule has 5 heteroatoms. The van der Waals surface area contributed by atoms with Gasteiger partial charge in [0.2, 0.25) is 0 Å². The van der Waals surface area contributed by atoms with Gasteiger partial charge < -0.3 is 11.1 Å². The summed E-state index contributed by atoms with van der Waals surface area (Å²) in [6, 6.07) is 2.00. The van der Waals surface area contributed by atoms with E-state index in [-0.39, 0.29) is 0 Å². The van der Waals surface area contributed by atoms with Crippen LogP contribution in [0.5, 0.6) is 0 Å². The number of nitrogens with zero attached hydrogens (tertiary/aromatic N) is 1. The maximum atomic E-state index is 6.01. The smallest absolute Gasteiger partial charge is 0.147 e. The first-order valence-electron chi connectivity index (χ1n) is 4.96. The largest absolute Gasteiger partial charge is 0.382 e. The van der Waals surface area contributed by atoms with Crippen molar-refractivity contribution in [3.05, 3.63) is 16.1 Å². The Morgan fingerprint density at radius 2 is 2.13 bits per heavy atom. The SMILES string of the molecule is CC(Nc1nc(N)c(Cl)cc1Cl)C1CC1. The van der Waals surface area contributed by atoms with Gasteiger partial charge in [0.05, 0.1) is 10.0 Å². The van der Waals surface area contributed by atoms with Crippen LogP contribution in [-0.4, -0.2) is 11.0 Å². The molecule has 1 aromatic heterocycles. The third kappa shape index (κ3) is 2.47. The average Bonchev–Trinajstić information content (AvgIpc) is 2.97. The van der Waals surface area contributed by atoms with E-state index < -0.39 is 0 Å². The molecule has 2 rings (SSSR count). The molecule has 0 aliphatic heterocycles. The molecule has 15 heavy (non-hydrogen) atoms. The Morgan fingerprint density at radius 3 is 2.73 bits per heavy atom. The van der Waals surface area contributed by atoms with Gasteiger partial charge in [0.25, 0.3) is 0 Å². The van der Waals surface area contributed by atoms with E-state index in [9.17, 15) is 0 Å². The highest BCUT2D eigenvalue weighted by Gasteiger charge is 2.28. The van der Waals surface area contributed by atoms with Crippen LogP contribution in [0.15, 0.2) is 6.07 Å². The zero-order valence-electron chi connectivity index (χ0n) is 8.43. The molecule has 3 N–H and O–H groups in total. The van der Waals surface area contributed by atoms with Crippen molar-refractivity contribution in [2.24, 2.45) is 5.92 Å². The van der Waals surface area contributed by atoms with Crippen LogP contribution in [0.25, 0.3) is 0 Å². The molecule has 1 aliphatic carbocycles. The molecule has 0 amide bonds. The predicted octanol–water partition coefficient (Wildman–Crippen LogP) is 3.18. The summed E-state index contributed by atoms with van der Waals surface area (Å²) in [6.07, 6.45) is 2.55. The first-order valence-corrected chi connectivity index (χ1v) is 5.71. The molecule has 1 heterocycles. The Morgan fingerprint density at radius 1 is 1.47 bits per heavy atom. The zero-order chi connectivity index (χ0) is 11.0. The van der Waals surface area contributed by atoms with Gasteiger partial charge in [0, 0.05) is 6.04 Å². The Kier molecular flexibility index (Phi) is 2.94. The first kappa shape index (κ1) is 10.8. The van der Waals surface area contributed by atoms with Crippen molar-refractivity contribution in [2.75, 3.05) is 11.1 Å². The average molecular weight is 246 g/mol. The van der Waals surface area contributed by atoms with E-state index in [1.165, 1.54) is 12.8 Å². The van der Waals surface area contributed by atoms with Gasteiger partial charge >= 0.3 is 0 Å². The van der Waals surface area contributed by atoms with Gasteiger partial charge in [-0.15, -0.1) is 0 Å². The Balaban J connectivity index is 2.16. The van der Waals surface area contributed by atoms with E-state index in [4.69, 9.17) is 28.9 Å². The molecule has 1 aromatic rings. The van der Waals surface area contributed by atoms with E-state index in [0.29, 0.717) is 27.7 Å². The number of hydrogen-bond acceptors (Lipinski definition) is 3. The second-order valence-corrected chi connectivity index (χ2v) is 4.77. The van der Waals surface area contributed by atoms with Crippen LogP contribution >= 0.6 is 23.2 Å². The van der Waals surface area contributed by atoms with Gasteiger partial charge in [-0.3, -0.25) is 0 Å². The lowest BCUT2D eigenvalue weighted by Crippen LogP contribution is -2.18. The summed E-state index contributed by atoms with van der Waals surface area (Å²) in [4.78, 5) is 4.13. The minimum atomic E-state index is 0.312. The maximum absolute atomic E-state index is 6.01. The lowest BCUT2D eigenvalue weighted by molar-refractivity contribution is 0.691. The highest BCUT2D eigenvalue weighted by molar-refractivity contribution is 6.37. The van der Waals surface area contributed by atoms with Crippen molar-refractivity contribution >= 4 is 34.8 Å². The molecule has 1 unspecified atom stereocenters. The number of pyridine rings is 1. The standard InChI is InChI=1S/C10H13Cl2N3/c1-5(6-2-3-6)14-10-8(12)4-7(11)9(13)15-10/h4-6H,2-3H2,1H3,(H3,13,14,15). The van der Waals surface area contributed by atoms with Gasteiger partial charge in [0.15, 0.2) is 0 Å². The normalized spacial score (nSPS) is 17.5. The topological polar surface area (TPSA) is 50.9 Å². The number of rotatable bonds is 3. The first-order chi connectivity index (χ1) is 7.08. The minimum absolute atomic E-state index is 0.312. The monoisotopic (exact) mass is 245 g/mol. The number of aromatic nitrogens is 1. The van der Waals surface area contributed by atoms with Crippen LogP contribution in [-0.2, 0) is 0 Å². The molecule has 0 bridgehead atoms. The summed E-state index contributed by atoms with van der Waals surface area (Å²) < 4.78 is 0. The summed E-state index contributed by atoms with van der Waals surface area (Å²) in [6.45, 7) is 2.13. The molecule has 0 saturated heterocycles. The molecule has 3 nitrogen and oxygen atoms in total. The molecule has 1 atom stereocenters. The summed E-state index contributed by atoms with van der Waals surface area (Å²) >= 11 is 11.8. The van der Waals surface area contributed by atoms with Gasteiger partial charge in [-0.25, -0.2) is 4.98 Å². The Bertz CT molecular complexity index is 377. The molecule has 1 aliphatic rings. The fourth-order valence-corrected chi connectivity index (χ4v) is 1.92. The lowest BCUT2D eigenvalue weighted by atomic mass is 10.2. The van der Waals surface area contributed by atoms with Crippen molar-refractivity contribution in [3.8, 4) is 0 Å². The van der Waals surface area contributed by atoms with Crippen LogP contribution in [0, 0.1) is 5.92 Å². The van der Waals surface area contributed by atoms with Crippen LogP contribution in [0.1, 0.15) is 19.8 Å². The number of nitrogens with one attached hydrogen (secondary N) is 1. The molecule has 0 radical (unpaired) electrons. The van der Waals surface area contributed by atoms with Gasteiger partial charge in [-0.1, -0.05) is 23.2 Å². The fourth-order valence-electron chi connectivity index (χ4n) is 1.51. The number of halogens is 2. The van der Waals surface area contributed by atoms with Crippen molar-refractivity contribution in [1.29, 1.82) is 0 Å². The molecule has 0 spiro atoms. The van der Waals surface area contributed by atoms with Crippen molar-refractivity contribution in [1.82, 2.24) is 4.98 Å². The second-order valence-electron chi connectivity index (χ2n) is 3.96. The van der Waals surface area contributed by atoms with Crippen LogP contribution in [0.4, 0.5) is 11.6 Å². The van der Waals surface area contributed by atoms with Gasteiger partial charge in [0.1, 0.15) is 11.6 Å². The Hall–Kier alpha value is -0.670. The quantitative estimate of drug-likeness (QED) is 0.861. The van der Waals surface area contributed by atoms with E-state index in [2.05, 4.69) is 17.2 Å². The van der Waals surface area contributed by atoms with Gasteiger partial charge in [-0.05, 0) is 31.7 Å². The van der Waals surface area contributed by atoms with E-state index in [1.807, 2.05) is 0 Å². The number of hydrogen-bond donors (Lipinski definition) is 2. The third-order valence-corrected chi connectivity index (χ3v) is 3.24. The number of nitrogen functional groups attached to an aromatic ring is 1. The van der Waals surface area contributed by atoms with Crippen molar-refractivity contribution in [3.63, 3.8) is 0 Å². The van der Waals surface area contributed by atoms with Crippen molar-refractivity contribution in [2.45, 2.75) is 25.8 Å². The maximum Gasteiger partial charge on any atom is 0.147 e. The molecule has 82 valence electrons. The summed E-state index contributed by atoms with van der Waals surface area (Å²) in [5, 5.41) is 4.17. The van der Waals surface area contributed by atoms with E-state index in [0.717, 1.165) is 5.92 Å². The molecule has 1 saturated carbocycles. The number of nitrogens with two attached hydrogens (primary N) is 1. The molecule has 0 aromatic carbocycles. The molecular formula is C10H13Cl2N3. The summed E-state index contributed by atoms with van der Waals surface area (Å²) in [5.74, 6) is 1.67. The highest BCUT2D eigenvalue weighted by atomic mass is 35.5.